The minimum absolute atomic E-state index is 0.0331. The predicted molar refractivity (Wildman–Crippen MR) is 86.1 cm³/mol. The number of aryl methyl sites for hydroxylation is 1. The fourth-order valence-corrected chi connectivity index (χ4v) is 3.38. The molecule has 1 aromatic carbocycles. The van der Waals surface area contributed by atoms with Crippen LogP contribution in [0, 0.1) is 6.92 Å². The largest absolute Gasteiger partial charge is 0.380 e. The zero-order valence-electron chi connectivity index (χ0n) is 13.0. The van der Waals surface area contributed by atoms with Crippen LogP contribution in [-0.4, -0.2) is 37.2 Å². The minimum Gasteiger partial charge on any atom is -0.380 e. The highest BCUT2D eigenvalue weighted by Gasteiger charge is 2.21. The Hall–Kier alpha value is -1.66. The lowest BCUT2D eigenvalue weighted by Gasteiger charge is -2.08. The van der Waals surface area contributed by atoms with E-state index in [9.17, 15) is 8.42 Å². The summed E-state index contributed by atoms with van der Waals surface area (Å²) in [5.74, 6) is -0.0331. The van der Waals surface area contributed by atoms with Gasteiger partial charge in [0.15, 0.2) is 14.9 Å². The van der Waals surface area contributed by atoms with E-state index in [0.717, 1.165) is 18.5 Å². The van der Waals surface area contributed by atoms with Gasteiger partial charge in [-0.05, 0) is 31.5 Å². The summed E-state index contributed by atoms with van der Waals surface area (Å²) in [7, 11) is -3.43. The molecule has 0 unspecified atom stereocenters. The van der Waals surface area contributed by atoms with Gasteiger partial charge < -0.3 is 4.74 Å². The van der Waals surface area contributed by atoms with Crippen molar-refractivity contribution in [2.45, 2.75) is 31.7 Å². The number of sulfone groups is 1. The topological polar surface area (TPSA) is 61.2 Å². The first kappa shape index (κ1) is 16.7. The van der Waals surface area contributed by atoms with E-state index in [2.05, 4.69) is 12.0 Å². The molecular weight excluding hydrogens is 300 g/mol. The molecule has 5 nitrogen and oxygen atoms in total. The first-order chi connectivity index (χ1) is 10.5. The zero-order valence-corrected chi connectivity index (χ0v) is 13.8. The highest BCUT2D eigenvalue weighted by atomic mass is 32.2. The Morgan fingerprint density at radius 3 is 2.59 bits per heavy atom. The number of unbranched alkanes of at least 4 members (excludes halogenated alkanes) is 1. The van der Waals surface area contributed by atoms with Crippen molar-refractivity contribution in [1.82, 2.24) is 9.78 Å². The molecule has 22 heavy (non-hydrogen) atoms. The summed E-state index contributed by atoms with van der Waals surface area (Å²) in [4.78, 5) is 0. The van der Waals surface area contributed by atoms with Crippen LogP contribution in [0.2, 0.25) is 0 Å². The molecule has 0 saturated heterocycles. The average Bonchev–Trinajstić information content (AvgIpc) is 2.91. The van der Waals surface area contributed by atoms with Crippen molar-refractivity contribution in [2.24, 2.45) is 0 Å². The predicted octanol–water partition coefficient (Wildman–Crippen LogP) is 2.77. The van der Waals surface area contributed by atoms with Gasteiger partial charge in [-0.25, -0.2) is 13.1 Å². The van der Waals surface area contributed by atoms with Crippen LogP contribution in [0.25, 0.3) is 5.69 Å². The molecule has 2 aromatic rings. The van der Waals surface area contributed by atoms with Crippen LogP contribution in [0.4, 0.5) is 0 Å². The third kappa shape index (κ3) is 4.18. The molecule has 0 radical (unpaired) electrons. The summed E-state index contributed by atoms with van der Waals surface area (Å²) in [5.41, 5.74) is 1.41. The van der Waals surface area contributed by atoms with Gasteiger partial charge in [0.05, 0.1) is 23.7 Å². The molecule has 0 aliphatic carbocycles. The SMILES string of the molecule is CCCCOCCS(=O)(=O)c1cc(C)nn1-c1ccccc1. The molecule has 0 spiro atoms. The van der Waals surface area contributed by atoms with E-state index in [-0.39, 0.29) is 17.4 Å². The summed E-state index contributed by atoms with van der Waals surface area (Å²) in [6, 6.07) is 10.9. The molecule has 0 N–H and O–H groups in total. The Labute approximate surface area is 131 Å². The minimum atomic E-state index is -3.43. The van der Waals surface area contributed by atoms with Crippen LogP contribution in [0.15, 0.2) is 41.4 Å². The molecule has 0 aliphatic heterocycles. The summed E-state index contributed by atoms with van der Waals surface area (Å²) >= 11 is 0. The van der Waals surface area contributed by atoms with E-state index >= 15 is 0 Å². The molecule has 0 fully saturated rings. The highest BCUT2D eigenvalue weighted by molar-refractivity contribution is 7.91. The maximum atomic E-state index is 12.5. The second-order valence-electron chi connectivity index (χ2n) is 5.16. The van der Waals surface area contributed by atoms with Gasteiger partial charge in [0.1, 0.15) is 0 Å². The van der Waals surface area contributed by atoms with Gasteiger partial charge in [-0.1, -0.05) is 31.5 Å². The van der Waals surface area contributed by atoms with Crippen LogP contribution >= 0.6 is 0 Å². The zero-order chi connectivity index (χ0) is 16.0. The normalized spacial score (nSPS) is 11.7. The van der Waals surface area contributed by atoms with Crippen LogP contribution < -0.4 is 0 Å². The standard InChI is InChI=1S/C16H22N2O3S/c1-3-4-10-21-11-12-22(19,20)16-13-14(2)17-18(16)15-8-6-5-7-9-15/h5-9,13H,3-4,10-12H2,1-2H3. The van der Waals surface area contributed by atoms with E-state index in [4.69, 9.17) is 4.74 Å². The molecule has 1 heterocycles. The number of nitrogens with zero attached hydrogens (tertiary/aromatic N) is 2. The molecule has 6 heteroatoms. The lowest BCUT2D eigenvalue weighted by atomic mass is 10.3. The molecule has 0 atom stereocenters. The molecule has 0 amide bonds. The Morgan fingerprint density at radius 2 is 1.91 bits per heavy atom. The van der Waals surface area contributed by atoms with Gasteiger partial charge in [-0.15, -0.1) is 0 Å². The van der Waals surface area contributed by atoms with E-state index in [0.29, 0.717) is 12.3 Å². The molecule has 0 saturated carbocycles. The van der Waals surface area contributed by atoms with Crippen molar-refractivity contribution >= 4 is 9.84 Å². The Bertz CT molecular complexity index is 693. The molecule has 0 aliphatic rings. The molecule has 120 valence electrons. The summed E-state index contributed by atoms with van der Waals surface area (Å²) < 4.78 is 31.9. The van der Waals surface area contributed by atoms with Crippen molar-refractivity contribution in [3.8, 4) is 5.69 Å². The van der Waals surface area contributed by atoms with Gasteiger partial charge in [-0.2, -0.15) is 5.10 Å². The van der Waals surface area contributed by atoms with Crippen molar-refractivity contribution in [3.05, 3.63) is 42.1 Å². The van der Waals surface area contributed by atoms with Gasteiger partial charge in [0.2, 0.25) is 0 Å². The van der Waals surface area contributed by atoms with Gasteiger partial charge in [0, 0.05) is 6.61 Å². The third-order valence-corrected chi connectivity index (χ3v) is 4.89. The van der Waals surface area contributed by atoms with E-state index in [1.165, 1.54) is 4.68 Å². The summed E-state index contributed by atoms with van der Waals surface area (Å²) in [5, 5.41) is 4.52. The Morgan fingerprint density at radius 1 is 1.18 bits per heavy atom. The van der Waals surface area contributed by atoms with Crippen molar-refractivity contribution in [1.29, 1.82) is 0 Å². The lowest BCUT2D eigenvalue weighted by Crippen LogP contribution is -2.16. The monoisotopic (exact) mass is 322 g/mol. The number of para-hydroxylation sites is 1. The quantitative estimate of drug-likeness (QED) is 0.701. The maximum absolute atomic E-state index is 12.5. The highest BCUT2D eigenvalue weighted by Crippen LogP contribution is 2.18. The average molecular weight is 322 g/mol. The van der Waals surface area contributed by atoms with Crippen molar-refractivity contribution < 1.29 is 13.2 Å². The lowest BCUT2D eigenvalue weighted by molar-refractivity contribution is 0.146. The van der Waals surface area contributed by atoms with E-state index < -0.39 is 9.84 Å². The van der Waals surface area contributed by atoms with Crippen LogP contribution in [0.1, 0.15) is 25.5 Å². The third-order valence-electron chi connectivity index (χ3n) is 3.26. The van der Waals surface area contributed by atoms with E-state index in [1.54, 1.807) is 13.0 Å². The molecule has 1 aromatic heterocycles. The second kappa shape index (κ2) is 7.56. The molecular formula is C16H22N2O3S. The second-order valence-corrected chi connectivity index (χ2v) is 7.21. The number of ether oxygens (including phenoxy) is 1. The Balaban J connectivity index is 2.17. The molecule has 0 bridgehead atoms. The first-order valence-corrected chi connectivity index (χ1v) is 9.12. The van der Waals surface area contributed by atoms with Crippen LogP contribution in [0.3, 0.4) is 0 Å². The number of hydrogen-bond donors (Lipinski definition) is 0. The van der Waals surface area contributed by atoms with Gasteiger partial charge >= 0.3 is 0 Å². The maximum Gasteiger partial charge on any atom is 0.198 e. The fourth-order valence-electron chi connectivity index (χ4n) is 2.07. The summed E-state index contributed by atoms with van der Waals surface area (Å²) in [6.07, 6.45) is 1.98. The molecule has 2 rings (SSSR count). The number of aromatic nitrogens is 2. The fraction of sp³-hybridized carbons (Fsp3) is 0.438. The number of rotatable bonds is 8. The van der Waals surface area contributed by atoms with E-state index in [1.807, 2.05) is 30.3 Å². The van der Waals surface area contributed by atoms with Crippen LogP contribution in [-0.2, 0) is 14.6 Å². The van der Waals surface area contributed by atoms with Crippen LogP contribution in [0.5, 0.6) is 0 Å². The first-order valence-electron chi connectivity index (χ1n) is 7.47. The Kier molecular flexibility index (Phi) is 5.74. The van der Waals surface area contributed by atoms with Gasteiger partial charge in [0.25, 0.3) is 0 Å². The summed E-state index contributed by atoms with van der Waals surface area (Å²) in [6.45, 7) is 4.67. The van der Waals surface area contributed by atoms with Gasteiger partial charge in [-0.3, -0.25) is 0 Å². The number of benzene rings is 1. The number of hydrogen-bond acceptors (Lipinski definition) is 4. The van der Waals surface area contributed by atoms with Crippen molar-refractivity contribution in [3.63, 3.8) is 0 Å². The smallest absolute Gasteiger partial charge is 0.198 e. The van der Waals surface area contributed by atoms with Crippen molar-refractivity contribution in [2.75, 3.05) is 19.0 Å².